The molecule has 1 aromatic rings. The Morgan fingerprint density at radius 3 is 2.55 bits per heavy atom. The summed E-state index contributed by atoms with van der Waals surface area (Å²) in [6.45, 7) is 3.23. The van der Waals surface area contributed by atoms with Crippen molar-refractivity contribution in [2.24, 2.45) is 0 Å². The first-order chi connectivity index (χ1) is 14.0. The van der Waals surface area contributed by atoms with Gasteiger partial charge in [-0.05, 0) is 25.0 Å². The van der Waals surface area contributed by atoms with E-state index in [0.717, 1.165) is 19.4 Å². The van der Waals surface area contributed by atoms with Crippen LogP contribution < -0.4 is 0 Å². The van der Waals surface area contributed by atoms with E-state index in [1.54, 1.807) is 23.1 Å². The van der Waals surface area contributed by atoms with E-state index in [4.69, 9.17) is 16.3 Å². The van der Waals surface area contributed by atoms with Crippen LogP contribution in [0.15, 0.2) is 29.2 Å². The number of carbonyl (C=O) groups is 1. The van der Waals surface area contributed by atoms with Crippen molar-refractivity contribution in [3.8, 4) is 0 Å². The third-order valence-electron chi connectivity index (χ3n) is 6.23. The number of piperazine rings is 1. The van der Waals surface area contributed by atoms with Crippen molar-refractivity contribution in [2.75, 3.05) is 45.9 Å². The van der Waals surface area contributed by atoms with Gasteiger partial charge in [0.2, 0.25) is 15.9 Å². The molecule has 0 aromatic heterocycles. The Labute approximate surface area is 177 Å². The zero-order valence-corrected chi connectivity index (χ0v) is 18.1. The van der Waals surface area contributed by atoms with Crippen molar-refractivity contribution in [3.63, 3.8) is 0 Å². The van der Waals surface area contributed by atoms with E-state index in [-0.39, 0.29) is 35.0 Å². The zero-order chi connectivity index (χ0) is 20.4. The number of halogens is 1. The summed E-state index contributed by atoms with van der Waals surface area (Å²) < 4.78 is 33.1. The Kier molecular flexibility index (Phi) is 6.46. The molecule has 1 amide bonds. The molecule has 4 rings (SSSR count). The number of benzene rings is 1. The number of hydrogen-bond donors (Lipinski definition) is 0. The summed E-state index contributed by atoms with van der Waals surface area (Å²) in [6.07, 6.45) is 4.80. The summed E-state index contributed by atoms with van der Waals surface area (Å²) >= 11 is 6.09. The van der Waals surface area contributed by atoms with Crippen molar-refractivity contribution >= 4 is 27.5 Å². The number of amides is 1. The van der Waals surface area contributed by atoms with E-state index in [9.17, 15) is 13.2 Å². The average molecular weight is 442 g/mol. The average Bonchev–Trinajstić information content (AvgIpc) is 2.74. The van der Waals surface area contributed by atoms with Crippen LogP contribution in [0.2, 0.25) is 5.02 Å². The minimum atomic E-state index is -3.65. The molecule has 160 valence electrons. The molecule has 9 heteroatoms. The second-order valence-electron chi connectivity index (χ2n) is 7.95. The maximum atomic E-state index is 12.9. The lowest BCUT2D eigenvalue weighted by molar-refractivity contribution is -0.140. The Balaban J connectivity index is 1.34. The second-order valence-corrected chi connectivity index (χ2v) is 10.3. The predicted molar refractivity (Wildman–Crippen MR) is 110 cm³/mol. The number of fused-ring (bicyclic) bond motifs is 1. The molecule has 2 aliphatic heterocycles. The van der Waals surface area contributed by atoms with Crippen molar-refractivity contribution in [1.82, 2.24) is 14.1 Å². The quantitative estimate of drug-likeness (QED) is 0.712. The second kappa shape index (κ2) is 8.89. The van der Waals surface area contributed by atoms with Gasteiger partial charge in [-0.25, -0.2) is 8.42 Å². The fraction of sp³-hybridized carbons (Fsp3) is 0.650. The maximum Gasteiger partial charge on any atom is 0.244 e. The molecule has 3 fully saturated rings. The molecule has 0 bridgehead atoms. The zero-order valence-electron chi connectivity index (χ0n) is 16.5. The number of sulfonamides is 1. The third-order valence-corrected chi connectivity index (χ3v) is 8.63. The van der Waals surface area contributed by atoms with Crippen LogP contribution in [0.25, 0.3) is 0 Å². The molecule has 2 atom stereocenters. The predicted octanol–water partition coefficient (Wildman–Crippen LogP) is 1.82. The fourth-order valence-corrected chi connectivity index (χ4v) is 6.53. The molecule has 1 aliphatic carbocycles. The summed E-state index contributed by atoms with van der Waals surface area (Å²) in [4.78, 5) is 17.0. The summed E-state index contributed by atoms with van der Waals surface area (Å²) in [5.74, 6) is 0.0750. The molecule has 1 aromatic carbocycles. The maximum absolute atomic E-state index is 12.9. The summed E-state index contributed by atoms with van der Waals surface area (Å²) in [7, 11) is -3.65. The van der Waals surface area contributed by atoms with Crippen LogP contribution in [0.5, 0.6) is 0 Å². The van der Waals surface area contributed by atoms with Crippen LogP contribution in [-0.4, -0.2) is 86.5 Å². The molecule has 3 aliphatic rings. The summed E-state index contributed by atoms with van der Waals surface area (Å²) in [5.41, 5.74) is 0. The lowest BCUT2D eigenvalue weighted by atomic mass is 9.90. The normalized spacial score (nSPS) is 26.9. The monoisotopic (exact) mass is 441 g/mol. The van der Waals surface area contributed by atoms with Crippen LogP contribution in [0, 0.1) is 0 Å². The molecule has 2 unspecified atom stereocenters. The molecule has 29 heavy (non-hydrogen) atoms. The highest BCUT2D eigenvalue weighted by molar-refractivity contribution is 7.89. The molecular formula is C20H28ClN3O4S. The number of morpholine rings is 1. The van der Waals surface area contributed by atoms with Gasteiger partial charge in [0.05, 0.1) is 24.3 Å². The van der Waals surface area contributed by atoms with Gasteiger partial charge in [0.1, 0.15) is 4.90 Å². The van der Waals surface area contributed by atoms with Crippen LogP contribution in [0.1, 0.15) is 25.7 Å². The van der Waals surface area contributed by atoms with E-state index in [0.29, 0.717) is 32.3 Å². The molecule has 2 heterocycles. The van der Waals surface area contributed by atoms with Crippen molar-refractivity contribution in [1.29, 1.82) is 0 Å². The Bertz CT molecular complexity index is 840. The highest BCUT2D eigenvalue weighted by Crippen LogP contribution is 2.29. The lowest BCUT2D eigenvalue weighted by Crippen LogP contribution is -2.57. The van der Waals surface area contributed by atoms with Gasteiger partial charge in [-0.1, -0.05) is 36.6 Å². The van der Waals surface area contributed by atoms with Crippen LogP contribution >= 0.6 is 11.6 Å². The van der Waals surface area contributed by atoms with Crippen LogP contribution in [0.4, 0.5) is 0 Å². The molecule has 0 spiro atoms. The minimum absolute atomic E-state index is 0.0750. The van der Waals surface area contributed by atoms with Gasteiger partial charge in [0.15, 0.2) is 0 Å². The van der Waals surface area contributed by atoms with Gasteiger partial charge in [0, 0.05) is 38.8 Å². The molecule has 0 N–H and O–H groups in total. The SMILES string of the molecule is O=C(CN1CCOC2CCCCC21)N1CCN(S(=O)(=O)c2ccccc2Cl)CC1. The van der Waals surface area contributed by atoms with E-state index >= 15 is 0 Å². The Morgan fingerprint density at radius 1 is 1.07 bits per heavy atom. The number of hydrogen-bond acceptors (Lipinski definition) is 5. The number of carbonyl (C=O) groups excluding carboxylic acids is 1. The highest BCUT2D eigenvalue weighted by Gasteiger charge is 2.36. The van der Waals surface area contributed by atoms with Crippen LogP contribution in [0.3, 0.4) is 0 Å². The fourth-order valence-electron chi connectivity index (χ4n) is 4.62. The third kappa shape index (κ3) is 4.46. The minimum Gasteiger partial charge on any atom is -0.375 e. The van der Waals surface area contributed by atoms with Gasteiger partial charge in [0.25, 0.3) is 0 Å². The standard InChI is InChI=1S/C20H28ClN3O4S/c21-16-5-1-4-8-19(16)29(26,27)24-11-9-22(10-12-24)20(25)15-23-13-14-28-18-7-3-2-6-17(18)23/h1,4-5,8,17-18H,2-3,6-7,9-15H2. The Hall–Kier alpha value is -1.19. The van der Waals surface area contributed by atoms with Gasteiger partial charge < -0.3 is 9.64 Å². The summed E-state index contributed by atoms with van der Waals surface area (Å²) in [5, 5.41) is 0.223. The van der Waals surface area contributed by atoms with Crippen molar-refractivity contribution in [3.05, 3.63) is 29.3 Å². The van der Waals surface area contributed by atoms with E-state index in [1.807, 2.05) is 0 Å². The lowest BCUT2D eigenvalue weighted by Gasteiger charge is -2.44. The van der Waals surface area contributed by atoms with Gasteiger partial charge in [-0.2, -0.15) is 4.31 Å². The van der Waals surface area contributed by atoms with E-state index < -0.39 is 10.0 Å². The van der Waals surface area contributed by atoms with Gasteiger partial charge >= 0.3 is 0 Å². The summed E-state index contributed by atoms with van der Waals surface area (Å²) in [6, 6.07) is 6.81. The first kappa shape index (κ1) is 21.1. The largest absolute Gasteiger partial charge is 0.375 e. The number of rotatable bonds is 4. The molecule has 7 nitrogen and oxygen atoms in total. The smallest absolute Gasteiger partial charge is 0.244 e. The van der Waals surface area contributed by atoms with Gasteiger partial charge in [-0.3, -0.25) is 9.69 Å². The Morgan fingerprint density at radius 2 is 1.79 bits per heavy atom. The van der Waals surface area contributed by atoms with E-state index in [2.05, 4.69) is 4.90 Å². The van der Waals surface area contributed by atoms with Crippen LogP contribution in [-0.2, 0) is 19.6 Å². The number of ether oxygens (including phenoxy) is 1. The molecule has 2 saturated heterocycles. The van der Waals surface area contributed by atoms with Crippen molar-refractivity contribution in [2.45, 2.75) is 42.7 Å². The molecule has 0 radical (unpaired) electrons. The van der Waals surface area contributed by atoms with Crippen molar-refractivity contribution < 1.29 is 17.9 Å². The van der Waals surface area contributed by atoms with Gasteiger partial charge in [-0.15, -0.1) is 0 Å². The number of nitrogens with zero attached hydrogens (tertiary/aromatic N) is 3. The topological polar surface area (TPSA) is 70.2 Å². The first-order valence-corrected chi connectivity index (χ1v) is 12.2. The first-order valence-electron chi connectivity index (χ1n) is 10.3. The molecular weight excluding hydrogens is 414 g/mol. The van der Waals surface area contributed by atoms with E-state index in [1.165, 1.54) is 23.2 Å². The molecule has 1 saturated carbocycles. The highest BCUT2D eigenvalue weighted by atomic mass is 35.5.